The SMILES string of the molecule is O=[N+]([O-])c1cc(CSc2ccc(Cl)cn2)ccc1Br. The summed E-state index contributed by atoms with van der Waals surface area (Å²) >= 11 is 10.4. The van der Waals surface area contributed by atoms with Crippen LogP contribution in [0.2, 0.25) is 5.02 Å². The standard InChI is InChI=1S/C12H8BrClN2O2S/c13-10-3-1-8(5-11(10)16(17)18)7-19-12-4-2-9(14)6-15-12/h1-6H,7H2. The molecule has 19 heavy (non-hydrogen) atoms. The Bertz CT molecular complexity index is 607. The van der Waals surface area contributed by atoms with E-state index in [1.54, 1.807) is 24.4 Å². The van der Waals surface area contributed by atoms with Crippen LogP contribution in [0.5, 0.6) is 0 Å². The summed E-state index contributed by atoms with van der Waals surface area (Å²) in [6.07, 6.45) is 1.58. The van der Waals surface area contributed by atoms with Crippen LogP contribution >= 0.6 is 39.3 Å². The molecule has 0 fully saturated rings. The molecule has 2 rings (SSSR count). The van der Waals surface area contributed by atoms with Crippen molar-refractivity contribution in [1.29, 1.82) is 0 Å². The minimum atomic E-state index is -0.404. The number of pyridine rings is 1. The van der Waals surface area contributed by atoms with Crippen molar-refractivity contribution in [3.63, 3.8) is 0 Å². The highest BCUT2D eigenvalue weighted by Gasteiger charge is 2.12. The number of halogens is 2. The van der Waals surface area contributed by atoms with Gasteiger partial charge in [0.1, 0.15) is 0 Å². The topological polar surface area (TPSA) is 56.0 Å². The fourth-order valence-corrected chi connectivity index (χ4v) is 2.68. The van der Waals surface area contributed by atoms with Gasteiger partial charge in [0.15, 0.2) is 0 Å². The molecule has 0 amide bonds. The zero-order chi connectivity index (χ0) is 13.8. The van der Waals surface area contributed by atoms with Crippen LogP contribution in [0.25, 0.3) is 0 Å². The molecule has 0 bridgehead atoms. The number of hydrogen-bond donors (Lipinski definition) is 0. The van der Waals surface area contributed by atoms with Crippen molar-refractivity contribution in [2.45, 2.75) is 10.8 Å². The maximum Gasteiger partial charge on any atom is 0.283 e. The van der Waals surface area contributed by atoms with E-state index in [9.17, 15) is 10.1 Å². The summed E-state index contributed by atoms with van der Waals surface area (Å²) in [5.41, 5.74) is 0.943. The molecular formula is C12H8BrClN2O2S. The van der Waals surface area contributed by atoms with Crippen molar-refractivity contribution in [1.82, 2.24) is 4.98 Å². The zero-order valence-corrected chi connectivity index (χ0v) is 12.7. The van der Waals surface area contributed by atoms with Crippen molar-refractivity contribution in [3.8, 4) is 0 Å². The normalized spacial score (nSPS) is 10.4. The van der Waals surface area contributed by atoms with Crippen molar-refractivity contribution in [3.05, 3.63) is 61.7 Å². The molecule has 1 heterocycles. The summed E-state index contributed by atoms with van der Waals surface area (Å²) in [6, 6.07) is 8.68. The Morgan fingerprint density at radius 3 is 2.79 bits per heavy atom. The van der Waals surface area contributed by atoms with Crippen LogP contribution in [-0.4, -0.2) is 9.91 Å². The molecule has 0 aliphatic heterocycles. The molecule has 0 N–H and O–H groups in total. The number of nitrogens with zero attached hydrogens (tertiary/aromatic N) is 2. The van der Waals surface area contributed by atoms with Crippen LogP contribution in [0, 0.1) is 10.1 Å². The molecule has 98 valence electrons. The van der Waals surface area contributed by atoms with Gasteiger partial charge in [-0.05, 0) is 39.7 Å². The molecule has 0 aliphatic carbocycles. The molecule has 0 radical (unpaired) electrons. The second-order valence-electron chi connectivity index (χ2n) is 3.65. The van der Waals surface area contributed by atoms with Gasteiger partial charge >= 0.3 is 0 Å². The molecule has 0 unspecified atom stereocenters. The predicted molar refractivity (Wildman–Crippen MR) is 79.6 cm³/mol. The molecular weight excluding hydrogens is 352 g/mol. The number of nitro benzene ring substituents is 1. The van der Waals surface area contributed by atoms with Gasteiger partial charge in [0, 0.05) is 18.0 Å². The van der Waals surface area contributed by atoms with Gasteiger partial charge in [0.2, 0.25) is 0 Å². The number of thioether (sulfide) groups is 1. The van der Waals surface area contributed by atoms with E-state index >= 15 is 0 Å². The summed E-state index contributed by atoms with van der Waals surface area (Å²) in [4.78, 5) is 14.6. The van der Waals surface area contributed by atoms with Crippen LogP contribution < -0.4 is 0 Å². The first kappa shape index (κ1) is 14.3. The minimum Gasteiger partial charge on any atom is -0.258 e. The lowest BCUT2D eigenvalue weighted by molar-refractivity contribution is -0.385. The first-order valence-corrected chi connectivity index (χ1v) is 7.39. The lowest BCUT2D eigenvalue weighted by atomic mass is 10.2. The van der Waals surface area contributed by atoms with Crippen molar-refractivity contribution in [2.24, 2.45) is 0 Å². The van der Waals surface area contributed by atoms with Gasteiger partial charge in [-0.1, -0.05) is 17.7 Å². The highest BCUT2D eigenvalue weighted by Crippen LogP contribution is 2.29. The lowest BCUT2D eigenvalue weighted by Gasteiger charge is -2.02. The van der Waals surface area contributed by atoms with E-state index in [0.29, 0.717) is 15.2 Å². The Labute approximate surface area is 127 Å². The summed E-state index contributed by atoms with van der Waals surface area (Å²) in [6.45, 7) is 0. The Hall–Kier alpha value is -1.11. The van der Waals surface area contributed by atoms with Gasteiger partial charge in [0.25, 0.3) is 5.69 Å². The van der Waals surface area contributed by atoms with E-state index in [1.807, 2.05) is 12.1 Å². The van der Waals surface area contributed by atoms with E-state index < -0.39 is 4.92 Å². The monoisotopic (exact) mass is 358 g/mol. The maximum absolute atomic E-state index is 10.8. The van der Waals surface area contributed by atoms with Crippen molar-refractivity contribution >= 4 is 45.0 Å². The Morgan fingerprint density at radius 2 is 2.16 bits per heavy atom. The fourth-order valence-electron chi connectivity index (χ4n) is 1.39. The summed E-state index contributed by atoms with van der Waals surface area (Å²) in [5.74, 6) is 0.614. The molecule has 7 heteroatoms. The third-order valence-corrected chi connectivity index (χ3v) is 4.20. The van der Waals surface area contributed by atoms with E-state index in [1.165, 1.54) is 11.8 Å². The van der Waals surface area contributed by atoms with Crippen LogP contribution in [0.3, 0.4) is 0 Å². The first-order valence-electron chi connectivity index (χ1n) is 5.23. The quantitative estimate of drug-likeness (QED) is 0.451. The zero-order valence-electron chi connectivity index (χ0n) is 9.55. The molecule has 0 atom stereocenters. The Balaban J connectivity index is 2.09. The number of aromatic nitrogens is 1. The average molecular weight is 360 g/mol. The smallest absolute Gasteiger partial charge is 0.258 e. The second-order valence-corrected chi connectivity index (χ2v) is 5.93. The molecule has 0 aliphatic rings. The van der Waals surface area contributed by atoms with E-state index in [0.717, 1.165) is 10.6 Å². The summed E-state index contributed by atoms with van der Waals surface area (Å²) in [5, 5.41) is 12.2. The molecule has 2 aromatic rings. The number of hydrogen-bond acceptors (Lipinski definition) is 4. The molecule has 4 nitrogen and oxygen atoms in total. The highest BCUT2D eigenvalue weighted by atomic mass is 79.9. The van der Waals surface area contributed by atoms with E-state index in [-0.39, 0.29) is 5.69 Å². The predicted octanol–water partition coefficient (Wildman–Crippen LogP) is 4.70. The third-order valence-electron chi connectivity index (χ3n) is 2.29. The third kappa shape index (κ3) is 3.92. The number of nitro groups is 1. The van der Waals surface area contributed by atoms with Gasteiger partial charge in [-0.25, -0.2) is 4.98 Å². The Morgan fingerprint density at radius 1 is 1.37 bits per heavy atom. The molecule has 0 saturated heterocycles. The minimum absolute atomic E-state index is 0.0714. The fraction of sp³-hybridized carbons (Fsp3) is 0.0833. The van der Waals surface area contributed by atoms with Gasteiger partial charge < -0.3 is 0 Å². The van der Waals surface area contributed by atoms with Gasteiger partial charge in [-0.3, -0.25) is 10.1 Å². The maximum atomic E-state index is 10.8. The van der Waals surface area contributed by atoms with Crippen LogP contribution in [0.4, 0.5) is 5.69 Å². The summed E-state index contributed by atoms with van der Waals surface area (Å²) in [7, 11) is 0. The molecule has 1 aromatic carbocycles. The second kappa shape index (κ2) is 6.36. The van der Waals surface area contributed by atoms with Gasteiger partial charge in [-0.15, -0.1) is 11.8 Å². The van der Waals surface area contributed by atoms with Crippen molar-refractivity contribution < 1.29 is 4.92 Å². The van der Waals surface area contributed by atoms with E-state index in [2.05, 4.69) is 20.9 Å². The first-order chi connectivity index (χ1) is 9.06. The average Bonchev–Trinajstić information content (AvgIpc) is 2.39. The van der Waals surface area contributed by atoms with Crippen molar-refractivity contribution in [2.75, 3.05) is 0 Å². The summed E-state index contributed by atoms with van der Waals surface area (Å²) < 4.78 is 0.482. The molecule has 0 spiro atoms. The lowest BCUT2D eigenvalue weighted by Crippen LogP contribution is -1.91. The van der Waals surface area contributed by atoms with Crippen LogP contribution in [0.15, 0.2) is 46.0 Å². The number of rotatable bonds is 4. The van der Waals surface area contributed by atoms with Crippen LogP contribution in [-0.2, 0) is 5.75 Å². The molecule has 0 saturated carbocycles. The van der Waals surface area contributed by atoms with E-state index in [4.69, 9.17) is 11.6 Å². The highest BCUT2D eigenvalue weighted by molar-refractivity contribution is 9.10. The number of benzene rings is 1. The van der Waals surface area contributed by atoms with Crippen LogP contribution in [0.1, 0.15) is 5.56 Å². The van der Waals surface area contributed by atoms with Gasteiger partial charge in [0.05, 0.1) is 19.4 Å². The largest absolute Gasteiger partial charge is 0.283 e. The van der Waals surface area contributed by atoms with Gasteiger partial charge in [-0.2, -0.15) is 0 Å². The Kier molecular flexibility index (Phi) is 4.79. The molecule has 1 aromatic heterocycles.